The van der Waals surface area contributed by atoms with Crippen LogP contribution in [0.15, 0.2) is 47.8 Å². The predicted octanol–water partition coefficient (Wildman–Crippen LogP) is 3.80. The van der Waals surface area contributed by atoms with Crippen LogP contribution in [0.4, 0.5) is 33.2 Å². The second-order valence-corrected chi connectivity index (χ2v) is 8.83. The molecule has 0 saturated carbocycles. The quantitative estimate of drug-likeness (QED) is 0.323. The minimum absolute atomic E-state index is 0.201. The SMILES string of the molecule is Fc1cnc(N/N=C/c2ccc(Nc3cc(Cl)cc(N4CCCCN4)c3)cn2)nc1N1CCOCC1. The van der Waals surface area contributed by atoms with Gasteiger partial charge in [0.25, 0.3) is 0 Å². The fraction of sp³-hybridized carbons (Fsp3) is 0.333. The second kappa shape index (κ2) is 11.5. The number of halogens is 2. The molecule has 0 aliphatic carbocycles. The van der Waals surface area contributed by atoms with Gasteiger partial charge in [0.2, 0.25) is 5.95 Å². The van der Waals surface area contributed by atoms with Crippen molar-refractivity contribution in [2.75, 3.05) is 60.0 Å². The summed E-state index contributed by atoms with van der Waals surface area (Å²) in [6.07, 6.45) is 6.71. The normalized spacial score (nSPS) is 16.4. The first-order valence-corrected chi connectivity index (χ1v) is 12.2. The summed E-state index contributed by atoms with van der Waals surface area (Å²) in [6, 6.07) is 9.61. The van der Waals surface area contributed by atoms with E-state index in [1.165, 1.54) is 6.42 Å². The molecule has 12 heteroatoms. The van der Waals surface area contributed by atoms with Gasteiger partial charge in [-0.3, -0.25) is 4.98 Å². The molecule has 0 amide bonds. The van der Waals surface area contributed by atoms with Crippen LogP contribution in [0.3, 0.4) is 0 Å². The van der Waals surface area contributed by atoms with E-state index in [-0.39, 0.29) is 11.8 Å². The van der Waals surface area contributed by atoms with Crippen molar-refractivity contribution in [1.82, 2.24) is 20.4 Å². The third-order valence-corrected chi connectivity index (χ3v) is 6.00. The zero-order chi connectivity index (χ0) is 24.7. The van der Waals surface area contributed by atoms with Gasteiger partial charge in [-0.15, -0.1) is 0 Å². The van der Waals surface area contributed by atoms with Crippen molar-refractivity contribution in [3.8, 4) is 0 Å². The van der Waals surface area contributed by atoms with Crippen LogP contribution in [-0.2, 0) is 4.74 Å². The zero-order valence-electron chi connectivity index (χ0n) is 19.6. The minimum atomic E-state index is -0.477. The molecule has 0 atom stereocenters. The van der Waals surface area contributed by atoms with Crippen LogP contribution in [0.1, 0.15) is 18.5 Å². The number of pyridine rings is 1. The van der Waals surface area contributed by atoms with Crippen LogP contribution < -0.4 is 26.1 Å². The molecule has 2 fully saturated rings. The molecule has 188 valence electrons. The van der Waals surface area contributed by atoms with Crippen molar-refractivity contribution < 1.29 is 9.13 Å². The maximum atomic E-state index is 14.2. The molecule has 36 heavy (non-hydrogen) atoms. The second-order valence-electron chi connectivity index (χ2n) is 8.40. The van der Waals surface area contributed by atoms with Gasteiger partial charge < -0.3 is 20.0 Å². The monoisotopic (exact) mass is 511 g/mol. The highest BCUT2D eigenvalue weighted by atomic mass is 35.5. The van der Waals surface area contributed by atoms with Gasteiger partial charge in [0.05, 0.1) is 48.9 Å². The Balaban J connectivity index is 1.20. The third-order valence-electron chi connectivity index (χ3n) is 5.78. The lowest BCUT2D eigenvalue weighted by Gasteiger charge is -2.30. The van der Waals surface area contributed by atoms with Gasteiger partial charge in [-0.25, -0.2) is 20.2 Å². The summed E-state index contributed by atoms with van der Waals surface area (Å²) < 4.78 is 19.5. The highest BCUT2D eigenvalue weighted by Crippen LogP contribution is 2.28. The standard InChI is InChI=1S/C24H27ClFN9O/c25-17-11-20(13-21(12-17)35-6-2-1-5-30-35)31-19-4-3-18(27-14-19)15-29-33-24-28-16-22(26)23(32-24)34-7-9-36-10-8-34/h3-4,11-16,30-31H,1-2,5-10H2,(H,28,32,33)/b29-15+. The number of hydrazone groups is 1. The van der Waals surface area contributed by atoms with Gasteiger partial charge in [0, 0.05) is 36.9 Å². The van der Waals surface area contributed by atoms with Crippen LogP contribution >= 0.6 is 11.6 Å². The lowest BCUT2D eigenvalue weighted by atomic mass is 10.2. The third kappa shape index (κ3) is 6.17. The first-order valence-electron chi connectivity index (χ1n) is 11.8. The lowest BCUT2D eigenvalue weighted by molar-refractivity contribution is 0.122. The molecule has 2 aliphatic heterocycles. The van der Waals surface area contributed by atoms with Gasteiger partial charge in [-0.2, -0.15) is 10.1 Å². The van der Waals surface area contributed by atoms with Crippen molar-refractivity contribution in [3.05, 3.63) is 59.3 Å². The number of nitrogens with zero attached hydrogens (tertiary/aromatic N) is 6. The maximum absolute atomic E-state index is 14.2. The van der Waals surface area contributed by atoms with Crippen molar-refractivity contribution in [2.45, 2.75) is 12.8 Å². The molecule has 5 rings (SSSR count). The Kier molecular flexibility index (Phi) is 7.70. The summed E-state index contributed by atoms with van der Waals surface area (Å²) in [5.74, 6) is -0.0395. The van der Waals surface area contributed by atoms with Crippen LogP contribution in [0.2, 0.25) is 5.02 Å². The fourth-order valence-electron chi connectivity index (χ4n) is 4.00. The van der Waals surface area contributed by atoms with E-state index in [2.05, 4.69) is 47.3 Å². The molecule has 0 bridgehead atoms. The molecule has 0 unspecified atom stereocenters. The zero-order valence-corrected chi connectivity index (χ0v) is 20.4. The Labute approximate surface area is 213 Å². The number of morpholine rings is 1. The molecule has 2 aliphatic rings. The van der Waals surface area contributed by atoms with E-state index in [4.69, 9.17) is 16.3 Å². The summed E-state index contributed by atoms with van der Waals surface area (Å²) >= 11 is 6.36. The average Bonchev–Trinajstić information content (AvgIpc) is 2.91. The van der Waals surface area contributed by atoms with Crippen molar-refractivity contribution in [1.29, 1.82) is 0 Å². The number of rotatable bonds is 7. The lowest BCUT2D eigenvalue weighted by Crippen LogP contribution is -2.43. The number of hydrogen-bond donors (Lipinski definition) is 3. The largest absolute Gasteiger partial charge is 0.378 e. The van der Waals surface area contributed by atoms with Crippen molar-refractivity contribution in [2.24, 2.45) is 5.10 Å². The average molecular weight is 512 g/mol. The van der Waals surface area contributed by atoms with Gasteiger partial charge in [0.1, 0.15) is 0 Å². The molecule has 3 N–H and O–H groups in total. The van der Waals surface area contributed by atoms with Crippen LogP contribution in [0.25, 0.3) is 0 Å². The van der Waals surface area contributed by atoms with E-state index in [1.807, 2.05) is 29.2 Å². The molecule has 0 spiro atoms. The first kappa shape index (κ1) is 24.2. The Hall–Kier alpha value is -3.54. The van der Waals surface area contributed by atoms with Crippen molar-refractivity contribution >= 4 is 46.6 Å². The number of benzene rings is 1. The first-order chi connectivity index (χ1) is 17.6. The molecule has 2 saturated heterocycles. The Bertz CT molecular complexity index is 1200. The van der Waals surface area contributed by atoms with E-state index in [1.54, 1.807) is 12.4 Å². The van der Waals surface area contributed by atoms with E-state index < -0.39 is 5.82 Å². The molecular weight excluding hydrogens is 485 g/mol. The molecule has 2 aromatic heterocycles. The highest BCUT2D eigenvalue weighted by molar-refractivity contribution is 6.31. The summed E-state index contributed by atoms with van der Waals surface area (Å²) in [4.78, 5) is 14.4. The van der Waals surface area contributed by atoms with Gasteiger partial charge in [0.15, 0.2) is 11.6 Å². The van der Waals surface area contributed by atoms with E-state index in [0.29, 0.717) is 37.0 Å². The highest BCUT2D eigenvalue weighted by Gasteiger charge is 2.18. The number of nitrogens with one attached hydrogen (secondary N) is 3. The van der Waals surface area contributed by atoms with Crippen LogP contribution in [-0.4, -0.2) is 60.6 Å². The fourth-order valence-corrected chi connectivity index (χ4v) is 4.23. The summed E-state index contributed by atoms with van der Waals surface area (Å²) in [5, 5.41) is 10.3. The molecule has 10 nitrogen and oxygen atoms in total. The summed E-state index contributed by atoms with van der Waals surface area (Å²) in [5.41, 5.74) is 9.48. The molecule has 0 radical (unpaired) electrons. The number of ether oxygens (including phenoxy) is 1. The Morgan fingerprint density at radius 3 is 2.72 bits per heavy atom. The van der Waals surface area contributed by atoms with Crippen molar-refractivity contribution in [3.63, 3.8) is 0 Å². The van der Waals surface area contributed by atoms with Gasteiger partial charge >= 0.3 is 0 Å². The van der Waals surface area contributed by atoms with Gasteiger partial charge in [-0.1, -0.05) is 11.6 Å². The number of hydrazine groups is 1. The number of hydrogen-bond acceptors (Lipinski definition) is 10. The summed E-state index contributed by atoms with van der Waals surface area (Å²) in [6.45, 7) is 4.13. The predicted molar refractivity (Wildman–Crippen MR) is 140 cm³/mol. The molecule has 1 aromatic carbocycles. The smallest absolute Gasteiger partial charge is 0.245 e. The number of anilines is 5. The van der Waals surface area contributed by atoms with Crippen LogP contribution in [0.5, 0.6) is 0 Å². The van der Waals surface area contributed by atoms with E-state index >= 15 is 0 Å². The van der Waals surface area contributed by atoms with Gasteiger partial charge in [-0.05, 0) is 43.2 Å². The molecule has 4 heterocycles. The minimum Gasteiger partial charge on any atom is -0.378 e. The van der Waals surface area contributed by atoms with E-state index in [0.717, 1.165) is 42.8 Å². The molecular formula is C24H27ClFN9O. The maximum Gasteiger partial charge on any atom is 0.245 e. The van der Waals surface area contributed by atoms with E-state index in [9.17, 15) is 4.39 Å². The number of aromatic nitrogens is 3. The Morgan fingerprint density at radius 2 is 1.94 bits per heavy atom. The summed E-state index contributed by atoms with van der Waals surface area (Å²) in [7, 11) is 0. The van der Waals surface area contributed by atoms with Crippen LogP contribution in [0, 0.1) is 5.82 Å². The molecule has 3 aromatic rings. The topological polar surface area (TPSA) is 103 Å². The Morgan fingerprint density at radius 1 is 1.06 bits per heavy atom.